The van der Waals surface area contributed by atoms with Crippen LogP contribution in [-0.2, 0) is 33.3 Å². The second kappa shape index (κ2) is 67.4. The van der Waals surface area contributed by atoms with Crippen LogP contribution in [0.1, 0.15) is 373 Å². The van der Waals surface area contributed by atoms with Gasteiger partial charge in [-0.3, -0.25) is 9.59 Å². The second-order valence-corrected chi connectivity index (χ2v) is 26.6. The molecule has 85 heavy (non-hydrogen) atoms. The minimum Gasteiger partial charge on any atom is -0.477 e. The molecule has 0 spiro atoms. The van der Waals surface area contributed by atoms with Crippen LogP contribution in [0.5, 0.6) is 0 Å². The fourth-order valence-electron chi connectivity index (χ4n) is 11.2. The number of hydrogen-bond donors (Lipinski definition) is 1. The number of hydrogen-bond acceptors (Lipinski definition) is 7. The maximum atomic E-state index is 13.0. The third kappa shape index (κ3) is 68.9. The first-order valence-corrected chi connectivity index (χ1v) is 37.2. The summed E-state index contributed by atoms with van der Waals surface area (Å²) in [4.78, 5) is 37.6. The van der Waals surface area contributed by atoms with Crippen LogP contribution >= 0.6 is 0 Å². The zero-order valence-corrected chi connectivity index (χ0v) is 57.3. The van der Waals surface area contributed by atoms with Crippen molar-refractivity contribution in [3.8, 4) is 0 Å². The summed E-state index contributed by atoms with van der Waals surface area (Å²) in [5, 5.41) is 9.75. The zero-order chi connectivity index (χ0) is 61.9. The van der Waals surface area contributed by atoms with Crippen LogP contribution in [0.4, 0.5) is 0 Å². The molecule has 0 aromatic carbocycles. The summed E-state index contributed by atoms with van der Waals surface area (Å²) in [5.74, 6) is -1.98. The number of quaternary nitrogens is 1. The fraction of sp³-hybridized carbons (Fsp3) is 0.882. The van der Waals surface area contributed by atoms with Gasteiger partial charge in [-0.2, -0.15) is 0 Å². The number of unbranched alkanes of at least 4 members (excludes halogenated alkanes) is 49. The molecule has 0 fully saturated rings. The molecular formula is C76H144NO8+. The summed E-state index contributed by atoms with van der Waals surface area (Å²) in [5.41, 5.74) is 0. The van der Waals surface area contributed by atoms with Gasteiger partial charge in [0.1, 0.15) is 13.2 Å². The van der Waals surface area contributed by atoms with Gasteiger partial charge in [0.05, 0.1) is 34.4 Å². The van der Waals surface area contributed by atoms with Crippen LogP contribution in [0.25, 0.3) is 0 Å². The number of carboxylic acids is 1. The molecule has 0 saturated heterocycles. The van der Waals surface area contributed by atoms with E-state index >= 15 is 0 Å². The van der Waals surface area contributed by atoms with Crippen molar-refractivity contribution in [2.45, 2.75) is 386 Å². The van der Waals surface area contributed by atoms with Gasteiger partial charge < -0.3 is 28.5 Å². The maximum Gasteiger partial charge on any atom is 0.361 e. The molecule has 2 unspecified atom stereocenters. The van der Waals surface area contributed by atoms with Gasteiger partial charge in [-0.25, -0.2) is 4.79 Å². The number of allylic oxidation sites excluding steroid dienone is 6. The number of ether oxygens (including phenoxy) is 4. The van der Waals surface area contributed by atoms with Crippen LogP contribution in [0.2, 0.25) is 0 Å². The van der Waals surface area contributed by atoms with Crippen molar-refractivity contribution in [1.82, 2.24) is 0 Å². The topological polar surface area (TPSA) is 108 Å². The summed E-state index contributed by atoms with van der Waals surface area (Å²) in [6, 6.07) is 0. The highest BCUT2D eigenvalue weighted by Crippen LogP contribution is 2.19. The van der Waals surface area contributed by atoms with E-state index in [1.165, 1.54) is 302 Å². The summed E-state index contributed by atoms with van der Waals surface area (Å²) >= 11 is 0. The second-order valence-electron chi connectivity index (χ2n) is 26.6. The van der Waals surface area contributed by atoms with E-state index in [1.807, 2.05) is 21.1 Å². The molecule has 1 N–H and O–H groups in total. The Morgan fingerprint density at radius 3 is 0.941 bits per heavy atom. The first-order valence-electron chi connectivity index (χ1n) is 37.2. The first-order chi connectivity index (χ1) is 41.6. The number of likely N-dealkylation sites (N-methyl/N-ethyl adjacent to an activating group) is 1. The quantitative estimate of drug-likeness (QED) is 0.0211. The Kier molecular flexibility index (Phi) is 65.5. The molecule has 0 saturated carbocycles. The van der Waals surface area contributed by atoms with E-state index < -0.39 is 18.4 Å². The lowest BCUT2D eigenvalue weighted by atomic mass is 10.0. The number of nitrogens with zero attached hydrogens (tertiary/aromatic N) is 1. The molecule has 9 heteroatoms. The molecule has 0 aromatic rings. The van der Waals surface area contributed by atoms with Gasteiger partial charge in [-0.05, 0) is 70.6 Å². The van der Waals surface area contributed by atoms with Gasteiger partial charge in [-0.15, -0.1) is 0 Å². The lowest BCUT2D eigenvalue weighted by molar-refractivity contribution is -0.870. The molecule has 0 aliphatic carbocycles. The molecule has 0 aliphatic rings. The molecule has 0 bridgehead atoms. The highest BCUT2D eigenvalue weighted by atomic mass is 16.7. The standard InChI is InChI=1S/C76H143NO8/c1-6-8-10-12-14-16-18-20-22-24-26-28-29-30-31-32-33-34-35-36-37-38-39-40-41-42-43-44-45-47-49-51-53-55-57-59-61-63-65-67-74(79)85-72(71-84-76(75(80)81)82-69-68-77(3,4)5)70-83-73(78)66-64-62-60-58-56-54-52-50-48-46-27-25-23-21-19-17-15-13-11-9-7-2/h18,20,24-27,72,76H,6-17,19,21-23,28-71H2,1-5H3/p+1/b20-18-,26-24-,27-25-. The maximum absolute atomic E-state index is 13.0. The normalized spacial score (nSPS) is 12.8. The molecule has 0 rings (SSSR count). The highest BCUT2D eigenvalue weighted by molar-refractivity contribution is 5.71. The third-order valence-corrected chi connectivity index (χ3v) is 16.9. The van der Waals surface area contributed by atoms with Crippen molar-refractivity contribution in [2.75, 3.05) is 47.5 Å². The van der Waals surface area contributed by atoms with E-state index in [2.05, 4.69) is 50.3 Å². The van der Waals surface area contributed by atoms with E-state index in [9.17, 15) is 19.5 Å². The third-order valence-electron chi connectivity index (χ3n) is 16.9. The summed E-state index contributed by atoms with van der Waals surface area (Å²) < 4.78 is 23.0. The van der Waals surface area contributed by atoms with Crippen molar-refractivity contribution >= 4 is 17.9 Å². The first kappa shape index (κ1) is 82.5. The lowest BCUT2D eigenvalue weighted by Crippen LogP contribution is -2.40. The Balaban J connectivity index is 3.96. The fourth-order valence-corrected chi connectivity index (χ4v) is 11.2. The van der Waals surface area contributed by atoms with Crippen LogP contribution in [0.3, 0.4) is 0 Å². The molecule has 0 aliphatic heterocycles. The van der Waals surface area contributed by atoms with Gasteiger partial charge >= 0.3 is 17.9 Å². The van der Waals surface area contributed by atoms with Crippen LogP contribution < -0.4 is 0 Å². The minimum absolute atomic E-state index is 0.178. The van der Waals surface area contributed by atoms with Crippen molar-refractivity contribution in [2.24, 2.45) is 0 Å². The Morgan fingerprint density at radius 2 is 0.635 bits per heavy atom. The van der Waals surface area contributed by atoms with Gasteiger partial charge in [0.25, 0.3) is 6.29 Å². The number of carbonyl (C=O) groups is 3. The summed E-state index contributed by atoms with van der Waals surface area (Å²) in [7, 11) is 5.99. The average Bonchev–Trinajstić information content (AvgIpc) is 3.49. The largest absolute Gasteiger partial charge is 0.477 e. The average molecular weight is 1200 g/mol. The Morgan fingerprint density at radius 1 is 0.353 bits per heavy atom. The van der Waals surface area contributed by atoms with Crippen molar-refractivity contribution in [1.29, 1.82) is 0 Å². The van der Waals surface area contributed by atoms with Crippen LogP contribution in [-0.4, -0.2) is 87.4 Å². The number of aliphatic carboxylic acids is 1. The number of carboxylic acid groups (broad SMARTS) is 1. The Labute approximate surface area is 528 Å². The molecule has 500 valence electrons. The molecule has 0 radical (unpaired) electrons. The number of carbonyl (C=O) groups excluding carboxylic acids is 2. The zero-order valence-electron chi connectivity index (χ0n) is 57.3. The number of esters is 2. The van der Waals surface area contributed by atoms with Gasteiger partial charge in [0.2, 0.25) is 0 Å². The highest BCUT2D eigenvalue weighted by Gasteiger charge is 2.25. The van der Waals surface area contributed by atoms with Gasteiger partial charge in [-0.1, -0.05) is 326 Å². The van der Waals surface area contributed by atoms with E-state index in [-0.39, 0.29) is 38.2 Å². The van der Waals surface area contributed by atoms with Crippen molar-refractivity contribution < 1.29 is 42.9 Å². The molecule has 0 amide bonds. The van der Waals surface area contributed by atoms with Crippen LogP contribution in [0, 0.1) is 0 Å². The smallest absolute Gasteiger partial charge is 0.361 e. The predicted molar refractivity (Wildman–Crippen MR) is 364 cm³/mol. The van der Waals surface area contributed by atoms with Crippen molar-refractivity contribution in [3.63, 3.8) is 0 Å². The van der Waals surface area contributed by atoms with E-state index in [1.54, 1.807) is 0 Å². The van der Waals surface area contributed by atoms with E-state index in [4.69, 9.17) is 18.9 Å². The molecule has 0 heterocycles. The number of rotatable bonds is 70. The Bertz CT molecular complexity index is 1490. The monoisotopic (exact) mass is 1200 g/mol. The van der Waals surface area contributed by atoms with Crippen LogP contribution in [0.15, 0.2) is 36.5 Å². The summed E-state index contributed by atoms with van der Waals surface area (Å²) in [6.45, 7) is 4.93. The predicted octanol–water partition coefficient (Wildman–Crippen LogP) is 23.1. The molecule has 0 aromatic heterocycles. The molecule has 2 atom stereocenters. The Hall–Kier alpha value is -2.49. The summed E-state index contributed by atoms with van der Waals surface area (Å²) in [6.07, 6.45) is 82.9. The lowest BCUT2D eigenvalue weighted by Gasteiger charge is -2.25. The minimum atomic E-state index is -1.51. The SMILES string of the molecule is CCCCCCC/C=C\C/C=C\CCCCCCCCCCCCCCCCCCCCCCCCCCCCCC(=O)OC(COC(=O)CCCCCCCCCCC/C=C\CCCCCCCCCC)COC(OCC[N+](C)(C)C)C(=O)O. The van der Waals surface area contributed by atoms with Crippen molar-refractivity contribution in [3.05, 3.63) is 36.5 Å². The van der Waals surface area contributed by atoms with Gasteiger partial charge in [0, 0.05) is 12.8 Å². The van der Waals surface area contributed by atoms with Gasteiger partial charge in [0.15, 0.2) is 6.10 Å². The van der Waals surface area contributed by atoms with E-state index in [0.717, 1.165) is 44.9 Å². The molecular weight excluding hydrogens is 1050 g/mol. The van der Waals surface area contributed by atoms with E-state index in [0.29, 0.717) is 17.4 Å². The molecule has 9 nitrogen and oxygen atoms in total.